The molecule has 0 aliphatic rings. The van der Waals surface area contributed by atoms with Crippen LogP contribution in [-0.2, 0) is 10.2 Å². The zero-order valence-corrected chi connectivity index (χ0v) is 17.6. The zero-order valence-electron chi connectivity index (χ0n) is 17.6. The molecule has 2 rings (SSSR count). The molecule has 0 saturated carbocycles. The van der Waals surface area contributed by atoms with Crippen LogP contribution in [0.25, 0.3) is 0 Å². The number of benzene rings is 2. The Labute approximate surface area is 176 Å². The van der Waals surface area contributed by atoms with Gasteiger partial charge in [-0.05, 0) is 56.0 Å². The molecule has 2 aromatic rings. The summed E-state index contributed by atoms with van der Waals surface area (Å²) >= 11 is 0. The molecule has 0 amide bonds. The minimum absolute atomic E-state index is 0.123. The number of hydrogen-bond acceptors (Lipinski definition) is 5. The minimum atomic E-state index is -0.932. The van der Waals surface area contributed by atoms with E-state index < -0.39 is 17.2 Å². The van der Waals surface area contributed by atoms with Crippen molar-refractivity contribution in [2.45, 2.75) is 38.5 Å². The van der Waals surface area contributed by atoms with Gasteiger partial charge in [-0.25, -0.2) is 4.39 Å². The largest absolute Gasteiger partial charge is 0.481 e. The van der Waals surface area contributed by atoms with Gasteiger partial charge in [0.15, 0.2) is 0 Å². The molecular weight excluding hydrogens is 383 g/mol. The number of carboxylic acids is 1. The van der Waals surface area contributed by atoms with Gasteiger partial charge in [-0.3, -0.25) is 4.79 Å². The molecular formula is C23H29FN4O2. The number of hydrogen-bond donors (Lipinski definition) is 4. The quantitative estimate of drug-likeness (QED) is 0.349. The summed E-state index contributed by atoms with van der Waals surface area (Å²) in [6.07, 6.45) is 0.788. The fourth-order valence-corrected chi connectivity index (χ4v) is 3.09. The second kappa shape index (κ2) is 10.1. The van der Waals surface area contributed by atoms with Crippen LogP contribution in [-0.4, -0.2) is 30.7 Å². The van der Waals surface area contributed by atoms with Crippen LogP contribution in [0.4, 0.5) is 15.8 Å². The number of carboxylic acid groups (broad SMARTS) is 1. The lowest BCUT2D eigenvalue weighted by atomic mass is 9.83. The molecule has 5 N–H and O–H groups in total. The van der Waals surface area contributed by atoms with Gasteiger partial charge >= 0.3 is 5.97 Å². The summed E-state index contributed by atoms with van der Waals surface area (Å²) < 4.78 is 13.5. The SMILES string of the molecule is CC(CNCCCNc1cc(F)cc(C#N)c1N)c1cccc(C(C)(C)C(=O)O)c1. The normalized spacial score (nSPS) is 12.2. The molecule has 0 bridgehead atoms. The van der Waals surface area contributed by atoms with Crippen LogP contribution in [0.15, 0.2) is 36.4 Å². The summed E-state index contributed by atoms with van der Waals surface area (Å²) in [5, 5.41) is 24.9. The predicted octanol–water partition coefficient (Wildman–Crippen LogP) is 3.84. The van der Waals surface area contributed by atoms with E-state index in [-0.39, 0.29) is 17.2 Å². The molecule has 1 atom stereocenters. The third-order valence-corrected chi connectivity index (χ3v) is 5.27. The summed E-state index contributed by atoms with van der Waals surface area (Å²) in [6, 6.07) is 12.0. The second-order valence-corrected chi connectivity index (χ2v) is 7.97. The fourth-order valence-electron chi connectivity index (χ4n) is 3.09. The summed E-state index contributed by atoms with van der Waals surface area (Å²) in [4.78, 5) is 11.5. The molecule has 2 aromatic carbocycles. The van der Waals surface area contributed by atoms with Crippen molar-refractivity contribution in [3.63, 3.8) is 0 Å². The van der Waals surface area contributed by atoms with Gasteiger partial charge in [0.1, 0.15) is 11.9 Å². The lowest BCUT2D eigenvalue weighted by Crippen LogP contribution is -2.29. The van der Waals surface area contributed by atoms with Crippen molar-refractivity contribution in [1.82, 2.24) is 5.32 Å². The van der Waals surface area contributed by atoms with Crippen molar-refractivity contribution in [1.29, 1.82) is 5.26 Å². The molecule has 6 nitrogen and oxygen atoms in total. The number of rotatable bonds is 10. The number of halogens is 1. The predicted molar refractivity (Wildman–Crippen MR) is 117 cm³/mol. The number of nitriles is 1. The molecule has 0 fully saturated rings. The number of nitrogen functional groups attached to an aromatic ring is 1. The maximum absolute atomic E-state index is 13.5. The number of nitrogens with zero attached hydrogens (tertiary/aromatic N) is 1. The third-order valence-electron chi connectivity index (χ3n) is 5.27. The van der Waals surface area contributed by atoms with Crippen molar-refractivity contribution < 1.29 is 14.3 Å². The third kappa shape index (κ3) is 5.71. The van der Waals surface area contributed by atoms with Gasteiger partial charge in [0, 0.05) is 13.1 Å². The molecule has 1 unspecified atom stereocenters. The molecule has 160 valence electrons. The van der Waals surface area contributed by atoms with Crippen LogP contribution in [0.3, 0.4) is 0 Å². The van der Waals surface area contributed by atoms with Crippen molar-refractivity contribution in [3.05, 3.63) is 58.9 Å². The highest BCUT2D eigenvalue weighted by atomic mass is 19.1. The van der Waals surface area contributed by atoms with E-state index in [9.17, 15) is 14.3 Å². The van der Waals surface area contributed by atoms with E-state index in [0.717, 1.165) is 36.7 Å². The summed E-state index contributed by atoms with van der Waals surface area (Å²) in [6.45, 7) is 7.58. The molecule has 0 spiro atoms. The zero-order chi connectivity index (χ0) is 22.3. The first-order valence-electron chi connectivity index (χ1n) is 9.94. The maximum atomic E-state index is 13.5. The first kappa shape index (κ1) is 23.2. The Balaban J connectivity index is 1.81. The summed E-state index contributed by atoms with van der Waals surface area (Å²) in [5.74, 6) is -1.12. The van der Waals surface area contributed by atoms with Gasteiger partial charge in [-0.2, -0.15) is 5.26 Å². The van der Waals surface area contributed by atoms with E-state index in [0.29, 0.717) is 12.2 Å². The maximum Gasteiger partial charge on any atom is 0.313 e. The Kier molecular flexibility index (Phi) is 7.79. The topological polar surface area (TPSA) is 111 Å². The van der Waals surface area contributed by atoms with Crippen LogP contribution in [0.2, 0.25) is 0 Å². The monoisotopic (exact) mass is 412 g/mol. The van der Waals surface area contributed by atoms with Gasteiger partial charge in [0.2, 0.25) is 0 Å². The highest BCUT2D eigenvalue weighted by Gasteiger charge is 2.29. The van der Waals surface area contributed by atoms with Crippen molar-refractivity contribution >= 4 is 17.3 Å². The average Bonchev–Trinajstić information content (AvgIpc) is 2.72. The van der Waals surface area contributed by atoms with Gasteiger partial charge < -0.3 is 21.5 Å². The smallest absolute Gasteiger partial charge is 0.313 e. The Bertz CT molecular complexity index is 937. The number of nitrogens with one attached hydrogen (secondary N) is 2. The number of carbonyl (C=O) groups is 1. The Morgan fingerprint density at radius 2 is 2.03 bits per heavy atom. The lowest BCUT2D eigenvalue weighted by Gasteiger charge is -2.22. The fraction of sp³-hybridized carbons (Fsp3) is 0.391. The van der Waals surface area contributed by atoms with Crippen LogP contribution >= 0.6 is 0 Å². The van der Waals surface area contributed by atoms with Crippen molar-refractivity contribution in [2.75, 3.05) is 30.7 Å². The molecule has 0 aliphatic carbocycles. The summed E-state index contributed by atoms with van der Waals surface area (Å²) in [5.41, 5.74) is 7.61. The molecule has 30 heavy (non-hydrogen) atoms. The second-order valence-electron chi connectivity index (χ2n) is 7.97. The van der Waals surface area contributed by atoms with Gasteiger partial charge in [0.05, 0.1) is 22.4 Å². The average molecular weight is 413 g/mol. The molecule has 0 aliphatic heterocycles. The highest BCUT2D eigenvalue weighted by Crippen LogP contribution is 2.27. The molecule has 0 aromatic heterocycles. The van der Waals surface area contributed by atoms with Crippen LogP contribution in [0.1, 0.15) is 49.8 Å². The standard InChI is InChI=1S/C23H29FN4O2/c1-15(16-6-4-7-18(10-16)23(2,3)22(29)30)14-27-8-5-9-28-20-12-19(24)11-17(13-25)21(20)26/h4,6-7,10-12,15,27-28H,5,8-9,14,26H2,1-3H3,(H,29,30). The van der Waals surface area contributed by atoms with Gasteiger partial charge in [-0.15, -0.1) is 0 Å². The van der Waals surface area contributed by atoms with Crippen LogP contribution in [0.5, 0.6) is 0 Å². The van der Waals surface area contributed by atoms with E-state index in [4.69, 9.17) is 11.0 Å². The highest BCUT2D eigenvalue weighted by molar-refractivity contribution is 5.80. The van der Waals surface area contributed by atoms with Crippen LogP contribution in [0, 0.1) is 17.1 Å². The Morgan fingerprint density at radius 3 is 2.70 bits per heavy atom. The van der Waals surface area contributed by atoms with Crippen molar-refractivity contribution in [2.24, 2.45) is 0 Å². The van der Waals surface area contributed by atoms with Crippen LogP contribution < -0.4 is 16.4 Å². The number of anilines is 2. The minimum Gasteiger partial charge on any atom is -0.481 e. The van der Waals surface area contributed by atoms with E-state index >= 15 is 0 Å². The van der Waals surface area contributed by atoms with Gasteiger partial charge in [0.25, 0.3) is 0 Å². The van der Waals surface area contributed by atoms with E-state index in [1.165, 1.54) is 6.07 Å². The van der Waals surface area contributed by atoms with E-state index in [2.05, 4.69) is 17.6 Å². The Morgan fingerprint density at radius 1 is 1.30 bits per heavy atom. The molecule has 0 heterocycles. The van der Waals surface area contributed by atoms with E-state index in [1.807, 2.05) is 30.3 Å². The summed E-state index contributed by atoms with van der Waals surface area (Å²) in [7, 11) is 0. The number of nitrogens with two attached hydrogens (primary N) is 1. The molecule has 0 saturated heterocycles. The first-order chi connectivity index (χ1) is 14.2. The Hall–Kier alpha value is -3.11. The first-order valence-corrected chi connectivity index (χ1v) is 9.94. The molecule has 0 radical (unpaired) electrons. The lowest BCUT2D eigenvalue weighted by molar-refractivity contribution is -0.142. The van der Waals surface area contributed by atoms with Crippen molar-refractivity contribution in [3.8, 4) is 6.07 Å². The van der Waals surface area contributed by atoms with E-state index in [1.54, 1.807) is 13.8 Å². The number of aliphatic carboxylic acids is 1. The molecule has 7 heteroatoms. The van der Waals surface area contributed by atoms with Gasteiger partial charge in [-0.1, -0.05) is 31.2 Å².